The maximum absolute atomic E-state index is 15.1. The molecule has 2 aliphatic rings. The van der Waals surface area contributed by atoms with Crippen LogP contribution in [0.1, 0.15) is 24.6 Å². The molecule has 0 aliphatic carbocycles. The average molecular weight is 504 g/mol. The van der Waals surface area contributed by atoms with Crippen molar-refractivity contribution in [1.29, 1.82) is 0 Å². The molecule has 0 unspecified atom stereocenters. The van der Waals surface area contributed by atoms with Crippen molar-refractivity contribution in [3.8, 4) is 5.75 Å². The third-order valence-electron chi connectivity index (χ3n) is 6.38. The van der Waals surface area contributed by atoms with Crippen LogP contribution in [0.4, 0.5) is 14.5 Å². The molecule has 3 aromatic rings. The van der Waals surface area contributed by atoms with Crippen LogP contribution >= 0.6 is 0 Å². The molecule has 35 heavy (non-hydrogen) atoms. The van der Waals surface area contributed by atoms with Gasteiger partial charge in [0.05, 0.1) is 41.6 Å². The van der Waals surface area contributed by atoms with Gasteiger partial charge in [0.1, 0.15) is 29.8 Å². The monoisotopic (exact) mass is 503 g/mol. The van der Waals surface area contributed by atoms with Crippen LogP contribution in [0.2, 0.25) is 0 Å². The zero-order chi connectivity index (χ0) is 24.7. The molecule has 10 heteroatoms. The molecule has 0 bridgehead atoms. The van der Waals surface area contributed by atoms with Crippen molar-refractivity contribution in [2.24, 2.45) is 10.3 Å². The van der Waals surface area contributed by atoms with Gasteiger partial charge in [-0.2, -0.15) is 4.36 Å². The van der Waals surface area contributed by atoms with E-state index in [1.165, 1.54) is 37.0 Å². The second-order valence-corrected chi connectivity index (χ2v) is 11.8. The number of nitrogens with zero attached hydrogens (tertiary/aromatic N) is 3. The number of rotatable bonds is 6. The van der Waals surface area contributed by atoms with Crippen molar-refractivity contribution in [3.63, 3.8) is 0 Å². The van der Waals surface area contributed by atoms with Gasteiger partial charge in [-0.25, -0.2) is 23.0 Å². The van der Waals surface area contributed by atoms with Crippen LogP contribution < -0.4 is 4.74 Å². The van der Waals surface area contributed by atoms with Crippen LogP contribution in [0.15, 0.2) is 41.0 Å². The summed E-state index contributed by atoms with van der Waals surface area (Å²) < 4.78 is 63.5. The van der Waals surface area contributed by atoms with Gasteiger partial charge in [-0.15, -0.1) is 0 Å². The van der Waals surface area contributed by atoms with E-state index >= 15 is 4.39 Å². The minimum absolute atomic E-state index is 0.0255. The highest BCUT2D eigenvalue weighted by atomic mass is 32.2. The van der Waals surface area contributed by atoms with Gasteiger partial charge in [0.2, 0.25) is 0 Å². The largest absolute Gasteiger partial charge is 0.485 e. The minimum Gasteiger partial charge on any atom is -0.485 e. The van der Waals surface area contributed by atoms with Crippen LogP contribution in [0, 0.1) is 17.6 Å². The zero-order valence-electron chi connectivity index (χ0n) is 19.7. The Bertz CT molecular complexity index is 1380. The summed E-state index contributed by atoms with van der Waals surface area (Å²) in [7, 11) is -2.46. The predicted octanol–water partition coefficient (Wildman–Crippen LogP) is 4.43. The molecular formula is C25H27F2N3O4S. The summed E-state index contributed by atoms with van der Waals surface area (Å²) >= 11 is 0. The maximum Gasteiger partial charge on any atom is 0.151 e. The van der Waals surface area contributed by atoms with E-state index in [0.717, 1.165) is 6.42 Å². The van der Waals surface area contributed by atoms with Gasteiger partial charge in [0.25, 0.3) is 0 Å². The average Bonchev–Trinajstić information content (AvgIpc) is 3.37. The molecule has 0 spiro atoms. The Morgan fingerprint density at radius 2 is 1.91 bits per heavy atom. The minimum atomic E-state index is -2.46. The highest BCUT2D eigenvalue weighted by molar-refractivity contribution is 7.92. The van der Waals surface area contributed by atoms with Crippen molar-refractivity contribution < 1.29 is 27.2 Å². The molecule has 1 aromatic heterocycles. The van der Waals surface area contributed by atoms with E-state index < -0.39 is 21.4 Å². The molecule has 5 rings (SSSR count). The van der Waals surface area contributed by atoms with Gasteiger partial charge in [0, 0.05) is 52.3 Å². The van der Waals surface area contributed by atoms with Crippen molar-refractivity contribution in [3.05, 3.63) is 59.6 Å². The Morgan fingerprint density at radius 1 is 1.11 bits per heavy atom. The van der Waals surface area contributed by atoms with Crippen LogP contribution in [-0.4, -0.2) is 58.2 Å². The van der Waals surface area contributed by atoms with Crippen molar-refractivity contribution in [2.75, 3.05) is 25.7 Å². The zero-order valence-corrected chi connectivity index (χ0v) is 20.6. The van der Waals surface area contributed by atoms with Gasteiger partial charge < -0.3 is 14.2 Å². The third-order valence-corrected chi connectivity index (χ3v) is 7.03. The Labute approximate surface area is 203 Å². The highest BCUT2D eigenvalue weighted by Gasteiger charge is 2.48. The summed E-state index contributed by atoms with van der Waals surface area (Å²) in [6.45, 7) is 3.08. The summed E-state index contributed by atoms with van der Waals surface area (Å²) in [6, 6.07) is 7.08. The van der Waals surface area contributed by atoms with E-state index in [-0.39, 0.29) is 35.8 Å². The smallest absolute Gasteiger partial charge is 0.151 e. The first kappa shape index (κ1) is 24.0. The molecule has 0 amide bonds. The summed E-state index contributed by atoms with van der Waals surface area (Å²) in [6.07, 6.45) is 4.85. The quantitative estimate of drug-likeness (QED) is 0.495. The first-order valence-corrected chi connectivity index (χ1v) is 13.8. The number of fused-ring (bicyclic) bond motifs is 2. The van der Waals surface area contributed by atoms with Crippen molar-refractivity contribution >= 4 is 26.3 Å². The van der Waals surface area contributed by atoms with E-state index in [1.807, 2.05) is 0 Å². The summed E-state index contributed by atoms with van der Waals surface area (Å²) in [5.41, 5.74) is 1.67. The lowest BCUT2D eigenvalue weighted by atomic mass is 9.98. The van der Waals surface area contributed by atoms with Gasteiger partial charge in [-0.1, -0.05) is 13.0 Å². The van der Waals surface area contributed by atoms with E-state index in [1.54, 1.807) is 12.1 Å². The van der Waals surface area contributed by atoms with E-state index in [9.17, 15) is 8.60 Å². The molecule has 4 atom stereocenters. The second-order valence-electron chi connectivity index (χ2n) is 9.26. The maximum atomic E-state index is 15.1. The Morgan fingerprint density at radius 3 is 2.69 bits per heavy atom. The molecular weight excluding hydrogens is 476 g/mol. The first-order chi connectivity index (χ1) is 16.7. The highest BCUT2D eigenvalue weighted by Crippen LogP contribution is 2.36. The van der Waals surface area contributed by atoms with Crippen LogP contribution in [0.5, 0.6) is 5.75 Å². The fourth-order valence-electron chi connectivity index (χ4n) is 4.75. The summed E-state index contributed by atoms with van der Waals surface area (Å²) in [5.74, 6) is -0.340. The van der Waals surface area contributed by atoms with Crippen LogP contribution in [-0.2, 0) is 25.6 Å². The molecule has 0 radical (unpaired) electrons. The summed E-state index contributed by atoms with van der Waals surface area (Å²) in [4.78, 5) is 8.48. The molecule has 2 saturated heterocycles. The number of halogens is 2. The fraction of sp³-hybridized carbons (Fsp3) is 0.440. The number of hydrogen-bond acceptors (Lipinski definition) is 7. The molecule has 0 N–H and O–H groups in total. The molecule has 2 aliphatic heterocycles. The van der Waals surface area contributed by atoms with Crippen LogP contribution in [0.25, 0.3) is 10.9 Å². The topological polar surface area (TPSA) is 82.9 Å². The Hall–Kier alpha value is -2.69. The molecule has 2 fully saturated rings. The van der Waals surface area contributed by atoms with Crippen molar-refractivity contribution in [1.82, 2.24) is 9.97 Å². The SMILES string of the molecule is CC[C@@H]1CO[C@H]2[C@@H]1OC[C@H]2Oc1cc(F)ccc1Cc1ncnc2cc(N=S(C)(C)=O)cc(F)c12. The lowest BCUT2D eigenvalue weighted by Crippen LogP contribution is -2.33. The second kappa shape index (κ2) is 9.40. The normalized spacial score (nSPS) is 24.0. The van der Waals surface area contributed by atoms with Crippen molar-refractivity contribution in [2.45, 2.75) is 38.1 Å². The third kappa shape index (κ3) is 5.00. The fourth-order valence-corrected chi connectivity index (χ4v) is 5.37. The number of ether oxygens (including phenoxy) is 3. The Kier molecular flexibility index (Phi) is 6.45. The first-order valence-electron chi connectivity index (χ1n) is 11.5. The molecule has 2 aromatic carbocycles. The molecule has 3 heterocycles. The molecule has 0 saturated carbocycles. The standard InChI is InChI=1S/C25H27F2N3O4S/c1-4-14-11-32-25-22(12-33-24(14)25)34-21-8-16(26)6-5-15(21)7-19-23-18(27)9-17(30-35(2,3)31)10-20(23)29-13-28-19/h5-6,8-10,13-14,22,24-25H,4,7,11-12H2,1-3H3/t14-,22-,24-,25-/m1/s1. The number of aromatic nitrogens is 2. The molecule has 186 valence electrons. The van der Waals surface area contributed by atoms with Gasteiger partial charge in [0.15, 0.2) is 6.10 Å². The van der Waals surface area contributed by atoms with Gasteiger partial charge >= 0.3 is 0 Å². The lowest BCUT2D eigenvalue weighted by molar-refractivity contribution is 0.0290. The van der Waals surface area contributed by atoms with E-state index in [2.05, 4.69) is 21.3 Å². The van der Waals surface area contributed by atoms with Gasteiger partial charge in [-0.3, -0.25) is 0 Å². The lowest BCUT2D eigenvalue weighted by Gasteiger charge is -2.20. The van der Waals surface area contributed by atoms with Crippen LogP contribution in [0.3, 0.4) is 0 Å². The van der Waals surface area contributed by atoms with Gasteiger partial charge in [-0.05, 0) is 18.6 Å². The number of hydrogen-bond donors (Lipinski definition) is 0. The number of benzene rings is 2. The Balaban J connectivity index is 1.46. The molecule has 7 nitrogen and oxygen atoms in total. The van der Waals surface area contributed by atoms with E-state index in [4.69, 9.17) is 14.2 Å². The summed E-state index contributed by atoms with van der Waals surface area (Å²) in [5, 5.41) is 0.231. The van der Waals surface area contributed by atoms with E-state index in [0.29, 0.717) is 41.7 Å². The predicted molar refractivity (Wildman–Crippen MR) is 128 cm³/mol.